The third-order valence-corrected chi connectivity index (χ3v) is 2.70. The van der Waals surface area contributed by atoms with Crippen LogP contribution in [0.5, 0.6) is 5.75 Å². The number of nitrogens with one attached hydrogen (secondary N) is 1. The van der Waals surface area contributed by atoms with Gasteiger partial charge < -0.3 is 14.5 Å². The Hall–Kier alpha value is -1.88. The average Bonchev–Trinajstić information content (AvgIpc) is 2.73. The fourth-order valence-corrected chi connectivity index (χ4v) is 1.74. The third kappa shape index (κ3) is 3.12. The van der Waals surface area contributed by atoms with Gasteiger partial charge in [-0.1, -0.05) is 6.07 Å². The van der Waals surface area contributed by atoms with Crippen molar-refractivity contribution < 1.29 is 17.9 Å². The maximum absolute atomic E-state index is 13.4. The summed E-state index contributed by atoms with van der Waals surface area (Å²) >= 11 is 0. The van der Waals surface area contributed by atoms with Crippen molar-refractivity contribution in [1.82, 2.24) is 5.32 Å². The highest BCUT2D eigenvalue weighted by molar-refractivity contribution is 5.26. The van der Waals surface area contributed by atoms with Crippen LogP contribution < -0.4 is 10.1 Å². The summed E-state index contributed by atoms with van der Waals surface area (Å²) in [4.78, 5) is 0. The molecule has 1 aromatic carbocycles. The van der Waals surface area contributed by atoms with Crippen LogP contribution in [0, 0.1) is 18.6 Å². The molecule has 0 amide bonds. The van der Waals surface area contributed by atoms with Crippen molar-refractivity contribution in [3.8, 4) is 5.75 Å². The van der Waals surface area contributed by atoms with Gasteiger partial charge in [-0.05, 0) is 37.7 Å². The van der Waals surface area contributed by atoms with Crippen molar-refractivity contribution in [3.05, 3.63) is 53.0 Å². The number of halogens is 2. The number of hydrogen-bond donors (Lipinski definition) is 1. The standard InChI is InChI=1S/C14H15F2NO2/c1-9-6-10(19-13(9)7-17-2)8-18-12-5-3-4-11(15)14(12)16/h3-6,17H,7-8H2,1-2H3. The van der Waals surface area contributed by atoms with Gasteiger partial charge in [0.1, 0.15) is 18.1 Å². The molecule has 5 heteroatoms. The Labute approximate surface area is 110 Å². The molecule has 0 aliphatic carbocycles. The maximum Gasteiger partial charge on any atom is 0.200 e. The number of benzene rings is 1. The van der Waals surface area contributed by atoms with Crippen molar-refractivity contribution in [1.29, 1.82) is 0 Å². The van der Waals surface area contributed by atoms with Gasteiger partial charge in [0.05, 0.1) is 6.54 Å². The van der Waals surface area contributed by atoms with Crippen LogP contribution in [0.2, 0.25) is 0 Å². The average molecular weight is 267 g/mol. The molecule has 2 rings (SSSR count). The Bertz CT molecular complexity index is 567. The highest BCUT2D eigenvalue weighted by Gasteiger charge is 2.11. The molecule has 1 aromatic heterocycles. The number of ether oxygens (including phenoxy) is 1. The second-order valence-electron chi connectivity index (χ2n) is 4.19. The summed E-state index contributed by atoms with van der Waals surface area (Å²) in [5, 5.41) is 2.98. The zero-order valence-electron chi connectivity index (χ0n) is 10.8. The third-order valence-electron chi connectivity index (χ3n) is 2.70. The predicted molar refractivity (Wildman–Crippen MR) is 66.9 cm³/mol. The predicted octanol–water partition coefficient (Wildman–Crippen LogP) is 3.16. The number of rotatable bonds is 5. The van der Waals surface area contributed by atoms with Gasteiger partial charge in [0.25, 0.3) is 0 Å². The van der Waals surface area contributed by atoms with E-state index in [9.17, 15) is 8.78 Å². The lowest BCUT2D eigenvalue weighted by atomic mass is 10.2. The molecule has 0 saturated carbocycles. The number of hydrogen-bond acceptors (Lipinski definition) is 3. The summed E-state index contributed by atoms with van der Waals surface area (Å²) in [5.41, 5.74) is 0.993. The van der Waals surface area contributed by atoms with E-state index in [1.807, 2.05) is 20.0 Å². The zero-order chi connectivity index (χ0) is 13.8. The first-order chi connectivity index (χ1) is 9.11. The Kier molecular flexibility index (Phi) is 4.16. The Morgan fingerprint density at radius 2 is 2.11 bits per heavy atom. The lowest BCUT2D eigenvalue weighted by molar-refractivity contribution is 0.251. The Morgan fingerprint density at radius 1 is 1.32 bits per heavy atom. The molecule has 19 heavy (non-hydrogen) atoms. The topological polar surface area (TPSA) is 34.4 Å². The molecule has 0 fully saturated rings. The van der Waals surface area contributed by atoms with Gasteiger partial charge in [0.2, 0.25) is 5.82 Å². The normalized spacial score (nSPS) is 10.7. The zero-order valence-corrected chi connectivity index (χ0v) is 10.8. The largest absolute Gasteiger partial charge is 0.482 e. The molecule has 0 aliphatic rings. The summed E-state index contributed by atoms with van der Waals surface area (Å²) in [5.74, 6) is -0.651. The van der Waals surface area contributed by atoms with E-state index in [2.05, 4.69) is 5.32 Å². The van der Waals surface area contributed by atoms with Crippen LogP contribution in [0.3, 0.4) is 0 Å². The van der Waals surface area contributed by atoms with Crippen LogP contribution in [0.4, 0.5) is 8.78 Å². The lowest BCUT2D eigenvalue weighted by Crippen LogP contribution is -2.04. The molecule has 0 saturated heterocycles. The fourth-order valence-electron chi connectivity index (χ4n) is 1.74. The van der Waals surface area contributed by atoms with E-state index in [-0.39, 0.29) is 12.4 Å². The van der Waals surface area contributed by atoms with Crippen LogP contribution in [-0.4, -0.2) is 7.05 Å². The van der Waals surface area contributed by atoms with Gasteiger partial charge in [0, 0.05) is 0 Å². The van der Waals surface area contributed by atoms with E-state index in [0.29, 0.717) is 12.3 Å². The van der Waals surface area contributed by atoms with Crippen molar-refractivity contribution in [3.63, 3.8) is 0 Å². The van der Waals surface area contributed by atoms with Crippen molar-refractivity contribution >= 4 is 0 Å². The van der Waals surface area contributed by atoms with Crippen LogP contribution in [0.15, 0.2) is 28.7 Å². The summed E-state index contributed by atoms with van der Waals surface area (Å²) < 4.78 is 37.1. The molecule has 3 nitrogen and oxygen atoms in total. The number of furan rings is 1. The monoisotopic (exact) mass is 267 g/mol. The van der Waals surface area contributed by atoms with Crippen molar-refractivity contribution in [2.24, 2.45) is 0 Å². The first-order valence-electron chi connectivity index (χ1n) is 5.91. The van der Waals surface area contributed by atoms with Crippen LogP contribution >= 0.6 is 0 Å². The van der Waals surface area contributed by atoms with E-state index in [4.69, 9.17) is 9.15 Å². The van der Waals surface area contributed by atoms with Gasteiger partial charge in [-0.2, -0.15) is 4.39 Å². The van der Waals surface area contributed by atoms with Gasteiger partial charge in [0.15, 0.2) is 11.6 Å². The molecular formula is C14H15F2NO2. The molecule has 0 bridgehead atoms. The highest BCUT2D eigenvalue weighted by atomic mass is 19.2. The summed E-state index contributed by atoms with van der Waals surface area (Å²) in [6, 6.07) is 5.64. The second-order valence-corrected chi connectivity index (χ2v) is 4.19. The maximum atomic E-state index is 13.4. The van der Waals surface area contributed by atoms with Gasteiger partial charge in [-0.3, -0.25) is 0 Å². The van der Waals surface area contributed by atoms with Crippen molar-refractivity contribution in [2.45, 2.75) is 20.1 Å². The minimum Gasteiger partial charge on any atom is -0.482 e. The second kappa shape index (κ2) is 5.84. The first kappa shape index (κ1) is 13.5. The minimum atomic E-state index is -0.985. The van der Waals surface area contributed by atoms with E-state index in [1.54, 1.807) is 0 Å². The van der Waals surface area contributed by atoms with E-state index >= 15 is 0 Å². The molecule has 0 atom stereocenters. The molecule has 1 N–H and O–H groups in total. The van der Waals surface area contributed by atoms with E-state index in [1.165, 1.54) is 12.1 Å². The molecule has 0 radical (unpaired) electrons. The van der Waals surface area contributed by atoms with Crippen LogP contribution in [-0.2, 0) is 13.2 Å². The summed E-state index contributed by atoms with van der Waals surface area (Å²) in [6.45, 7) is 2.59. The quantitative estimate of drug-likeness (QED) is 0.903. The smallest absolute Gasteiger partial charge is 0.200 e. The highest BCUT2D eigenvalue weighted by Crippen LogP contribution is 2.21. The molecular weight excluding hydrogens is 252 g/mol. The van der Waals surface area contributed by atoms with Crippen LogP contribution in [0.25, 0.3) is 0 Å². The molecule has 102 valence electrons. The van der Waals surface area contributed by atoms with Gasteiger partial charge in [-0.15, -0.1) is 0 Å². The fraction of sp³-hybridized carbons (Fsp3) is 0.286. The Morgan fingerprint density at radius 3 is 2.84 bits per heavy atom. The Balaban J connectivity index is 2.06. The summed E-state index contributed by atoms with van der Waals surface area (Å²) in [6.07, 6.45) is 0. The van der Waals surface area contributed by atoms with Gasteiger partial charge >= 0.3 is 0 Å². The lowest BCUT2D eigenvalue weighted by Gasteiger charge is -2.05. The molecule has 1 heterocycles. The van der Waals surface area contributed by atoms with E-state index < -0.39 is 11.6 Å². The molecule has 0 aliphatic heterocycles. The molecule has 0 unspecified atom stereocenters. The molecule has 2 aromatic rings. The van der Waals surface area contributed by atoms with E-state index in [0.717, 1.165) is 17.4 Å². The molecule has 0 spiro atoms. The van der Waals surface area contributed by atoms with Crippen LogP contribution in [0.1, 0.15) is 17.1 Å². The first-order valence-corrected chi connectivity index (χ1v) is 5.91. The number of aryl methyl sites for hydroxylation is 1. The van der Waals surface area contributed by atoms with Gasteiger partial charge in [-0.25, -0.2) is 4.39 Å². The summed E-state index contributed by atoms with van der Waals surface area (Å²) in [7, 11) is 1.82. The minimum absolute atomic E-state index is 0.0604. The SMILES string of the molecule is CNCc1oc(COc2cccc(F)c2F)cc1C. The van der Waals surface area contributed by atoms with Crippen molar-refractivity contribution in [2.75, 3.05) is 7.05 Å².